The largest absolute Gasteiger partial charge is 0.455 e. The monoisotopic (exact) mass is 428 g/mol. The van der Waals surface area contributed by atoms with Gasteiger partial charge in [-0.2, -0.15) is 0 Å². The number of nitrogens with zero attached hydrogens (tertiary/aromatic N) is 2. The third-order valence-electron chi connectivity index (χ3n) is 4.26. The Labute approximate surface area is 174 Å². The summed E-state index contributed by atoms with van der Waals surface area (Å²) in [4.78, 5) is 37.0. The number of carbonyl (C=O) groups excluding carboxylic acids is 2. The van der Waals surface area contributed by atoms with Gasteiger partial charge in [0.15, 0.2) is 0 Å². The Balaban J connectivity index is 1.78. The minimum absolute atomic E-state index is 0.0190. The molecule has 29 heavy (non-hydrogen) atoms. The molecule has 7 nitrogen and oxygen atoms in total. The molecule has 0 saturated heterocycles. The summed E-state index contributed by atoms with van der Waals surface area (Å²) in [6.07, 6.45) is 0. The van der Waals surface area contributed by atoms with Gasteiger partial charge in [0.05, 0.1) is 32.8 Å². The molecule has 1 heterocycles. The Morgan fingerprint density at radius 3 is 2.14 bits per heavy atom. The van der Waals surface area contributed by atoms with Crippen LogP contribution in [0.1, 0.15) is 20.7 Å². The van der Waals surface area contributed by atoms with E-state index in [1.807, 2.05) is 0 Å². The highest BCUT2D eigenvalue weighted by atomic mass is 35.5. The number of benzene rings is 3. The van der Waals surface area contributed by atoms with Crippen molar-refractivity contribution >= 4 is 46.4 Å². The molecule has 0 bridgehead atoms. The van der Waals surface area contributed by atoms with Crippen LogP contribution in [0.2, 0.25) is 10.0 Å². The zero-order chi connectivity index (χ0) is 20.7. The van der Waals surface area contributed by atoms with Crippen LogP contribution in [0, 0.1) is 10.1 Å². The van der Waals surface area contributed by atoms with Gasteiger partial charge in [-0.05, 0) is 30.3 Å². The Kier molecular flexibility index (Phi) is 4.70. The molecule has 1 aliphatic rings. The summed E-state index contributed by atoms with van der Waals surface area (Å²) in [6, 6.07) is 14.5. The summed E-state index contributed by atoms with van der Waals surface area (Å²) in [7, 11) is 0. The minimum Gasteiger partial charge on any atom is -0.455 e. The van der Waals surface area contributed by atoms with Crippen LogP contribution < -0.4 is 9.64 Å². The molecule has 0 fully saturated rings. The summed E-state index contributed by atoms with van der Waals surface area (Å²) in [5, 5.41) is 12.0. The number of amides is 2. The van der Waals surface area contributed by atoms with Crippen LogP contribution in [0.15, 0.2) is 60.7 Å². The van der Waals surface area contributed by atoms with Crippen molar-refractivity contribution in [3.63, 3.8) is 0 Å². The number of fused-ring (bicyclic) bond motifs is 1. The number of imide groups is 1. The van der Waals surface area contributed by atoms with Crippen LogP contribution in [-0.4, -0.2) is 16.7 Å². The van der Waals surface area contributed by atoms with Gasteiger partial charge in [-0.15, -0.1) is 0 Å². The van der Waals surface area contributed by atoms with Gasteiger partial charge < -0.3 is 4.74 Å². The number of nitro groups is 1. The predicted octanol–water partition coefficient (Wildman–Crippen LogP) is 5.49. The molecule has 0 saturated carbocycles. The van der Waals surface area contributed by atoms with Crippen LogP contribution in [0.4, 0.5) is 11.4 Å². The lowest BCUT2D eigenvalue weighted by atomic mass is 10.1. The standard InChI is InChI=1S/C20H10Cl2N2O5/c21-11-5-6-18(17(22)7-11)29-14-9-12(8-13(10-14)24(27)28)23-19(25)15-3-1-2-4-16(15)20(23)26/h1-10H. The second-order valence-electron chi connectivity index (χ2n) is 6.11. The Morgan fingerprint density at radius 2 is 1.55 bits per heavy atom. The number of nitro benzene ring substituents is 1. The molecule has 1 aliphatic heterocycles. The maximum absolute atomic E-state index is 12.7. The molecular formula is C20H10Cl2N2O5. The predicted molar refractivity (Wildman–Crippen MR) is 107 cm³/mol. The second kappa shape index (κ2) is 7.20. The molecule has 4 rings (SSSR count). The average molecular weight is 429 g/mol. The molecule has 0 atom stereocenters. The highest BCUT2D eigenvalue weighted by molar-refractivity contribution is 6.35. The Morgan fingerprint density at radius 1 is 0.897 bits per heavy atom. The number of non-ortho nitro benzene ring substituents is 1. The van der Waals surface area contributed by atoms with Crippen LogP contribution in [0.3, 0.4) is 0 Å². The molecule has 0 aromatic heterocycles. The normalized spacial score (nSPS) is 12.8. The molecule has 3 aromatic carbocycles. The van der Waals surface area contributed by atoms with Crippen molar-refractivity contribution in [3.05, 3.63) is 92.0 Å². The van der Waals surface area contributed by atoms with Crippen LogP contribution in [0.5, 0.6) is 11.5 Å². The summed E-state index contributed by atoms with van der Waals surface area (Å²) in [6.45, 7) is 0. The van der Waals surface area contributed by atoms with Gasteiger partial charge in [-0.3, -0.25) is 19.7 Å². The van der Waals surface area contributed by atoms with Crippen molar-refractivity contribution in [2.75, 3.05) is 4.90 Å². The second-order valence-corrected chi connectivity index (χ2v) is 6.95. The molecule has 3 aromatic rings. The van der Waals surface area contributed by atoms with Gasteiger partial charge in [-0.1, -0.05) is 35.3 Å². The van der Waals surface area contributed by atoms with E-state index in [1.165, 1.54) is 36.4 Å². The van der Waals surface area contributed by atoms with E-state index in [-0.39, 0.29) is 39.0 Å². The Bertz CT molecular complexity index is 1160. The quantitative estimate of drug-likeness (QED) is 0.311. The first-order valence-corrected chi connectivity index (χ1v) is 9.01. The zero-order valence-corrected chi connectivity index (χ0v) is 16.0. The van der Waals surface area contributed by atoms with E-state index in [0.717, 1.165) is 11.0 Å². The molecule has 0 radical (unpaired) electrons. The lowest BCUT2D eigenvalue weighted by Crippen LogP contribution is -2.29. The first-order chi connectivity index (χ1) is 13.8. The van der Waals surface area contributed by atoms with Crippen molar-refractivity contribution in [2.24, 2.45) is 0 Å². The fourth-order valence-corrected chi connectivity index (χ4v) is 3.42. The number of halogens is 2. The van der Waals surface area contributed by atoms with Crippen molar-refractivity contribution < 1.29 is 19.2 Å². The molecule has 0 spiro atoms. The van der Waals surface area contributed by atoms with Crippen molar-refractivity contribution in [1.29, 1.82) is 0 Å². The lowest BCUT2D eigenvalue weighted by Gasteiger charge is -2.15. The molecule has 0 unspecified atom stereocenters. The van der Waals surface area contributed by atoms with Gasteiger partial charge in [0.2, 0.25) is 0 Å². The molecule has 144 valence electrons. The van der Waals surface area contributed by atoms with Crippen LogP contribution >= 0.6 is 23.2 Å². The topological polar surface area (TPSA) is 89.8 Å². The first kappa shape index (κ1) is 18.9. The SMILES string of the molecule is O=C1c2ccccc2C(=O)N1c1cc(Oc2ccc(Cl)cc2Cl)cc([N+](=O)[O-])c1. The minimum atomic E-state index is -0.641. The molecule has 0 aliphatic carbocycles. The fraction of sp³-hybridized carbons (Fsp3) is 0. The number of hydrogen-bond acceptors (Lipinski definition) is 5. The number of anilines is 1. The fourth-order valence-electron chi connectivity index (χ4n) is 2.97. The lowest BCUT2D eigenvalue weighted by molar-refractivity contribution is -0.384. The summed E-state index contributed by atoms with van der Waals surface area (Å²) in [5.41, 5.74) is 0.129. The molecule has 2 amide bonds. The van der Waals surface area contributed by atoms with Gasteiger partial charge in [0.1, 0.15) is 11.5 Å². The number of carbonyl (C=O) groups is 2. The smallest absolute Gasteiger partial charge is 0.275 e. The zero-order valence-electron chi connectivity index (χ0n) is 14.5. The van der Waals surface area contributed by atoms with Gasteiger partial charge in [0.25, 0.3) is 17.5 Å². The van der Waals surface area contributed by atoms with Gasteiger partial charge in [0, 0.05) is 17.2 Å². The van der Waals surface area contributed by atoms with E-state index in [1.54, 1.807) is 18.2 Å². The number of rotatable bonds is 4. The van der Waals surface area contributed by atoms with Gasteiger partial charge >= 0.3 is 0 Å². The van der Waals surface area contributed by atoms with Crippen LogP contribution in [-0.2, 0) is 0 Å². The first-order valence-electron chi connectivity index (χ1n) is 8.25. The maximum Gasteiger partial charge on any atom is 0.275 e. The third-order valence-corrected chi connectivity index (χ3v) is 4.79. The summed E-state index contributed by atoms with van der Waals surface area (Å²) >= 11 is 12.0. The molecule has 9 heteroatoms. The number of ether oxygens (including phenoxy) is 1. The van der Waals surface area contributed by atoms with E-state index < -0.39 is 16.7 Å². The third kappa shape index (κ3) is 3.41. The average Bonchev–Trinajstić information content (AvgIpc) is 2.95. The van der Waals surface area contributed by atoms with E-state index >= 15 is 0 Å². The molecular weight excluding hydrogens is 419 g/mol. The van der Waals surface area contributed by atoms with Crippen molar-refractivity contribution in [1.82, 2.24) is 0 Å². The van der Waals surface area contributed by atoms with Crippen molar-refractivity contribution in [3.8, 4) is 11.5 Å². The highest BCUT2D eigenvalue weighted by Gasteiger charge is 2.37. The van der Waals surface area contributed by atoms with E-state index in [0.29, 0.717) is 5.02 Å². The number of hydrogen-bond donors (Lipinski definition) is 0. The highest BCUT2D eigenvalue weighted by Crippen LogP contribution is 2.37. The van der Waals surface area contributed by atoms with Crippen LogP contribution in [0.25, 0.3) is 0 Å². The van der Waals surface area contributed by atoms with Crippen molar-refractivity contribution in [2.45, 2.75) is 0 Å². The van der Waals surface area contributed by atoms with Gasteiger partial charge in [-0.25, -0.2) is 4.90 Å². The Hall–Kier alpha value is -3.42. The van der Waals surface area contributed by atoms with E-state index in [4.69, 9.17) is 27.9 Å². The van der Waals surface area contributed by atoms with E-state index in [2.05, 4.69) is 0 Å². The summed E-state index contributed by atoms with van der Waals surface area (Å²) < 4.78 is 5.66. The molecule has 0 N–H and O–H groups in total. The summed E-state index contributed by atoms with van der Waals surface area (Å²) in [5.74, 6) is -0.886. The maximum atomic E-state index is 12.7. The van der Waals surface area contributed by atoms with E-state index in [9.17, 15) is 19.7 Å².